The van der Waals surface area contributed by atoms with Crippen LogP contribution in [0.25, 0.3) is 16.8 Å². The summed E-state index contributed by atoms with van der Waals surface area (Å²) in [4.78, 5) is 28.8. The second kappa shape index (κ2) is 7.11. The Bertz CT molecular complexity index is 1210. The lowest BCUT2D eigenvalue weighted by molar-refractivity contribution is 0.0696. The molecule has 4 aromatic rings. The first-order valence-electron chi connectivity index (χ1n) is 8.27. The minimum atomic E-state index is -1.01. The Morgan fingerprint density at radius 2 is 1.57 bits per heavy atom. The van der Waals surface area contributed by atoms with Crippen LogP contribution >= 0.6 is 23.2 Å². The van der Waals surface area contributed by atoms with Crippen molar-refractivity contribution in [3.8, 4) is 11.3 Å². The van der Waals surface area contributed by atoms with E-state index in [1.807, 2.05) is 12.1 Å². The first kappa shape index (κ1) is 18.2. The molecule has 0 aliphatic rings. The summed E-state index contributed by atoms with van der Waals surface area (Å²) < 4.78 is 1.67. The summed E-state index contributed by atoms with van der Waals surface area (Å²) >= 11 is 12.4. The van der Waals surface area contributed by atoms with Gasteiger partial charge in [0.1, 0.15) is 0 Å². The first-order chi connectivity index (χ1) is 13.5. The van der Waals surface area contributed by atoms with Crippen molar-refractivity contribution in [3.05, 3.63) is 93.9 Å². The van der Waals surface area contributed by atoms with E-state index >= 15 is 0 Å². The van der Waals surface area contributed by atoms with E-state index in [4.69, 9.17) is 28.3 Å². The minimum absolute atomic E-state index is 0.169. The van der Waals surface area contributed by atoms with E-state index in [1.54, 1.807) is 47.0 Å². The van der Waals surface area contributed by atoms with Gasteiger partial charge in [-0.05, 0) is 36.4 Å². The number of pyridine rings is 1. The van der Waals surface area contributed by atoms with Gasteiger partial charge in [-0.15, -0.1) is 0 Å². The molecule has 0 fully saturated rings. The van der Waals surface area contributed by atoms with Crippen LogP contribution in [-0.4, -0.2) is 26.2 Å². The molecule has 2 heterocycles. The highest BCUT2D eigenvalue weighted by atomic mass is 35.5. The van der Waals surface area contributed by atoms with Crippen LogP contribution in [0.15, 0.2) is 66.9 Å². The van der Waals surface area contributed by atoms with Crippen molar-refractivity contribution in [3.63, 3.8) is 0 Å². The van der Waals surface area contributed by atoms with Crippen molar-refractivity contribution in [1.82, 2.24) is 9.38 Å². The van der Waals surface area contributed by atoms with Crippen molar-refractivity contribution in [2.45, 2.75) is 0 Å². The van der Waals surface area contributed by atoms with Gasteiger partial charge >= 0.3 is 5.97 Å². The van der Waals surface area contributed by atoms with Crippen molar-refractivity contribution < 1.29 is 14.7 Å². The largest absolute Gasteiger partial charge is 0.478 e. The Labute approximate surface area is 169 Å². The number of hydrogen-bond acceptors (Lipinski definition) is 3. The molecule has 0 saturated carbocycles. The standard InChI is InChI=1S/C21H12Cl2N2O3/c22-14-4-3-5-15(23)17(14)19(26)20-24-18(16-6-1-2-11-25(16)20)12-7-9-13(10-8-12)21(27)28/h1-11H,(H,27,28). The maximum Gasteiger partial charge on any atom is 0.335 e. The summed E-state index contributed by atoms with van der Waals surface area (Å²) in [7, 11) is 0. The van der Waals surface area contributed by atoms with Crippen LogP contribution in [0.4, 0.5) is 0 Å². The monoisotopic (exact) mass is 410 g/mol. The fourth-order valence-electron chi connectivity index (χ4n) is 3.01. The molecule has 0 aliphatic carbocycles. The second-order valence-electron chi connectivity index (χ2n) is 6.05. The number of halogens is 2. The first-order valence-corrected chi connectivity index (χ1v) is 9.02. The molecule has 7 heteroatoms. The van der Waals surface area contributed by atoms with E-state index in [1.165, 1.54) is 12.1 Å². The van der Waals surface area contributed by atoms with Crippen LogP contribution in [0, 0.1) is 0 Å². The van der Waals surface area contributed by atoms with Gasteiger partial charge in [0.05, 0.1) is 32.4 Å². The normalized spacial score (nSPS) is 10.9. The molecule has 5 nitrogen and oxygen atoms in total. The van der Waals surface area contributed by atoms with Gasteiger partial charge in [0, 0.05) is 11.8 Å². The zero-order valence-electron chi connectivity index (χ0n) is 14.3. The molecule has 0 spiro atoms. The number of carboxylic acids is 1. The zero-order chi connectivity index (χ0) is 19.8. The molecule has 0 saturated heterocycles. The maximum atomic E-state index is 13.2. The average Bonchev–Trinajstić information content (AvgIpc) is 3.07. The number of hydrogen-bond donors (Lipinski definition) is 1. The third-order valence-corrected chi connectivity index (χ3v) is 4.98. The van der Waals surface area contributed by atoms with Gasteiger partial charge in [0.2, 0.25) is 5.78 Å². The van der Waals surface area contributed by atoms with Crippen LogP contribution in [0.1, 0.15) is 26.5 Å². The number of nitrogens with zero attached hydrogens (tertiary/aromatic N) is 2. The van der Waals surface area contributed by atoms with Gasteiger partial charge in [-0.2, -0.15) is 0 Å². The van der Waals surface area contributed by atoms with E-state index in [0.29, 0.717) is 16.8 Å². The Morgan fingerprint density at radius 3 is 2.21 bits per heavy atom. The molecule has 1 N–H and O–H groups in total. The summed E-state index contributed by atoms with van der Waals surface area (Å²) in [6.07, 6.45) is 1.73. The predicted octanol–water partition coefficient (Wildman–Crippen LogP) is 5.24. The highest BCUT2D eigenvalue weighted by molar-refractivity contribution is 6.40. The van der Waals surface area contributed by atoms with Gasteiger partial charge in [-0.1, -0.05) is 47.5 Å². The maximum absolute atomic E-state index is 13.2. The number of imidazole rings is 1. The molecule has 0 bridgehead atoms. The summed E-state index contributed by atoms with van der Waals surface area (Å²) in [5, 5.41) is 9.58. The topological polar surface area (TPSA) is 71.7 Å². The van der Waals surface area contributed by atoms with E-state index in [0.717, 1.165) is 0 Å². The van der Waals surface area contributed by atoms with Gasteiger partial charge in [-0.3, -0.25) is 9.20 Å². The SMILES string of the molecule is O=C(O)c1ccc(-c2nc(C(=O)c3c(Cl)cccc3Cl)n3ccccc23)cc1. The molecule has 28 heavy (non-hydrogen) atoms. The van der Waals surface area contributed by atoms with Crippen LogP contribution in [-0.2, 0) is 0 Å². The van der Waals surface area contributed by atoms with Crippen molar-refractivity contribution in [2.75, 3.05) is 0 Å². The van der Waals surface area contributed by atoms with E-state index in [-0.39, 0.29) is 27.0 Å². The lowest BCUT2D eigenvalue weighted by atomic mass is 10.1. The molecule has 0 amide bonds. The summed E-state index contributed by atoms with van der Waals surface area (Å²) in [6, 6.07) is 16.6. The predicted molar refractivity (Wildman–Crippen MR) is 107 cm³/mol. The molecule has 0 aliphatic heterocycles. The third kappa shape index (κ3) is 3.05. The van der Waals surface area contributed by atoms with Crippen LogP contribution in [0.2, 0.25) is 10.0 Å². The Hall–Kier alpha value is -3.15. The van der Waals surface area contributed by atoms with Gasteiger partial charge in [0.25, 0.3) is 0 Å². The number of aromatic nitrogens is 2. The number of benzene rings is 2. The van der Waals surface area contributed by atoms with Crippen LogP contribution in [0.5, 0.6) is 0 Å². The van der Waals surface area contributed by atoms with Gasteiger partial charge in [-0.25, -0.2) is 9.78 Å². The molecule has 0 atom stereocenters. The lowest BCUT2D eigenvalue weighted by Crippen LogP contribution is -2.08. The van der Waals surface area contributed by atoms with Crippen LogP contribution in [0.3, 0.4) is 0 Å². The Kier molecular flexibility index (Phi) is 4.63. The molecular weight excluding hydrogens is 399 g/mol. The van der Waals surface area contributed by atoms with E-state index in [2.05, 4.69) is 4.98 Å². The second-order valence-corrected chi connectivity index (χ2v) is 6.86. The summed E-state index contributed by atoms with van der Waals surface area (Å²) in [6.45, 7) is 0. The average molecular weight is 411 g/mol. The van der Waals surface area contributed by atoms with Crippen LogP contribution < -0.4 is 0 Å². The summed E-state index contributed by atoms with van der Waals surface area (Å²) in [5.74, 6) is -1.24. The highest BCUT2D eigenvalue weighted by Crippen LogP contribution is 2.30. The molecule has 0 radical (unpaired) electrons. The number of rotatable bonds is 4. The Morgan fingerprint density at radius 1 is 0.893 bits per heavy atom. The van der Waals surface area contributed by atoms with Crippen molar-refractivity contribution in [2.24, 2.45) is 0 Å². The molecule has 0 unspecified atom stereocenters. The fourth-order valence-corrected chi connectivity index (χ4v) is 3.58. The third-order valence-electron chi connectivity index (χ3n) is 4.35. The highest BCUT2D eigenvalue weighted by Gasteiger charge is 2.23. The fraction of sp³-hybridized carbons (Fsp3) is 0. The molecule has 138 valence electrons. The van der Waals surface area contributed by atoms with E-state index < -0.39 is 11.8 Å². The van der Waals surface area contributed by atoms with Crippen molar-refractivity contribution in [1.29, 1.82) is 0 Å². The zero-order valence-corrected chi connectivity index (χ0v) is 15.8. The number of carboxylic acid groups (broad SMARTS) is 1. The van der Waals surface area contributed by atoms with Gasteiger partial charge in [0.15, 0.2) is 5.82 Å². The minimum Gasteiger partial charge on any atom is -0.478 e. The number of aromatic carboxylic acids is 1. The number of ketones is 1. The van der Waals surface area contributed by atoms with Gasteiger partial charge < -0.3 is 5.11 Å². The smallest absolute Gasteiger partial charge is 0.335 e. The number of carbonyl (C=O) groups is 2. The molecule has 2 aromatic heterocycles. The van der Waals surface area contributed by atoms with E-state index in [9.17, 15) is 9.59 Å². The lowest BCUT2D eigenvalue weighted by Gasteiger charge is -2.05. The molecule has 4 rings (SSSR count). The summed E-state index contributed by atoms with van der Waals surface area (Å²) in [5.41, 5.74) is 2.32. The number of carbonyl (C=O) groups excluding carboxylic acids is 1. The molecular formula is C21H12Cl2N2O3. The molecule has 2 aromatic carbocycles. The Balaban J connectivity index is 1.90. The van der Waals surface area contributed by atoms with Crippen molar-refractivity contribution >= 4 is 40.5 Å². The number of fused-ring (bicyclic) bond motifs is 1. The quantitative estimate of drug-likeness (QED) is 0.467.